The Morgan fingerprint density at radius 1 is 1.31 bits per heavy atom. The van der Waals surface area contributed by atoms with Crippen molar-refractivity contribution >= 4 is 0 Å². The topological polar surface area (TPSA) is 39.2 Å². The van der Waals surface area contributed by atoms with Crippen molar-refractivity contribution in [2.45, 2.75) is 44.1 Å². The Balaban J connectivity index is 2.05. The van der Waals surface area contributed by atoms with E-state index in [-0.39, 0.29) is 0 Å². The molecule has 0 radical (unpaired) electrons. The maximum atomic E-state index is 6.00. The molecule has 2 atom stereocenters. The van der Waals surface area contributed by atoms with Crippen LogP contribution in [0.4, 0.5) is 0 Å². The molecule has 0 aliphatic heterocycles. The molecule has 2 nitrogen and oxygen atoms in total. The predicted octanol–water partition coefficient (Wildman–Crippen LogP) is 2.65. The zero-order valence-electron chi connectivity index (χ0n) is 7.91. The first-order valence-electron chi connectivity index (χ1n) is 5.14. The molecule has 1 aliphatic rings. The molecule has 1 aromatic rings. The minimum Gasteiger partial charge on any atom is -0.472 e. The number of hydrogen-bond acceptors (Lipinski definition) is 2. The molecular formula is C11H17NO. The normalized spacial score (nSPS) is 29.9. The summed E-state index contributed by atoms with van der Waals surface area (Å²) in [4.78, 5) is 0. The summed E-state index contributed by atoms with van der Waals surface area (Å²) < 4.78 is 5.10. The fourth-order valence-electron chi connectivity index (χ4n) is 2.21. The Labute approximate surface area is 79.1 Å². The Hall–Kier alpha value is -0.760. The molecule has 1 fully saturated rings. The van der Waals surface area contributed by atoms with Gasteiger partial charge in [0, 0.05) is 6.04 Å². The summed E-state index contributed by atoms with van der Waals surface area (Å²) in [5.74, 6) is 0.635. The summed E-state index contributed by atoms with van der Waals surface area (Å²) in [5.41, 5.74) is 7.33. The summed E-state index contributed by atoms with van der Waals surface area (Å²) in [6, 6.07) is 2.46. The van der Waals surface area contributed by atoms with Crippen LogP contribution in [0.5, 0.6) is 0 Å². The molecule has 13 heavy (non-hydrogen) atoms. The summed E-state index contributed by atoms with van der Waals surface area (Å²) in [7, 11) is 0. The molecule has 0 bridgehead atoms. The van der Waals surface area contributed by atoms with Gasteiger partial charge in [0.15, 0.2) is 0 Å². The molecule has 1 heterocycles. The van der Waals surface area contributed by atoms with Crippen molar-refractivity contribution in [2.75, 3.05) is 0 Å². The van der Waals surface area contributed by atoms with Crippen molar-refractivity contribution in [3.05, 3.63) is 24.2 Å². The molecule has 0 saturated heterocycles. The second-order valence-corrected chi connectivity index (χ2v) is 4.03. The van der Waals surface area contributed by atoms with E-state index in [1.165, 1.54) is 31.2 Å². The van der Waals surface area contributed by atoms with Crippen LogP contribution in [0.25, 0.3) is 0 Å². The van der Waals surface area contributed by atoms with Crippen LogP contribution in [-0.4, -0.2) is 6.04 Å². The minimum atomic E-state index is 0.391. The fraction of sp³-hybridized carbons (Fsp3) is 0.636. The maximum Gasteiger partial charge on any atom is 0.0937 e. The van der Waals surface area contributed by atoms with Gasteiger partial charge in [-0.25, -0.2) is 0 Å². The Morgan fingerprint density at radius 3 is 2.92 bits per heavy atom. The van der Waals surface area contributed by atoms with Crippen molar-refractivity contribution in [2.24, 2.45) is 5.73 Å². The van der Waals surface area contributed by atoms with Crippen LogP contribution in [0, 0.1) is 0 Å². The Kier molecular flexibility index (Phi) is 2.69. The van der Waals surface area contributed by atoms with Crippen LogP contribution in [0.1, 0.15) is 43.6 Å². The van der Waals surface area contributed by atoms with E-state index in [1.807, 2.05) is 6.26 Å². The zero-order valence-corrected chi connectivity index (χ0v) is 7.91. The Bertz CT molecular complexity index is 243. The average molecular weight is 179 g/mol. The predicted molar refractivity (Wildman–Crippen MR) is 52.5 cm³/mol. The highest BCUT2D eigenvalue weighted by Gasteiger charge is 2.19. The lowest BCUT2D eigenvalue weighted by Crippen LogP contribution is -2.20. The second-order valence-electron chi connectivity index (χ2n) is 4.03. The molecule has 1 aliphatic carbocycles. The van der Waals surface area contributed by atoms with E-state index in [2.05, 4.69) is 6.07 Å². The standard InChI is InChI=1S/C11H17NO/c12-11-4-2-1-3-9(7-11)10-5-6-13-8-10/h5-6,8-9,11H,1-4,7,12H2. The molecule has 2 rings (SSSR count). The first-order chi connectivity index (χ1) is 6.36. The number of furan rings is 1. The largest absolute Gasteiger partial charge is 0.472 e. The lowest BCUT2D eigenvalue weighted by Gasteiger charge is -2.14. The lowest BCUT2D eigenvalue weighted by molar-refractivity contribution is 0.520. The van der Waals surface area contributed by atoms with Gasteiger partial charge in [-0.05, 0) is 36.8 Å². The van der Waals surface area contributed by atoms with Gasteiger partial charge in [0.2, 0.25) is 0 Å². The number of rotatable bonds is 1. The van der Waals surface area contributed by atoms with E-state index in [0.29, 0.717) is 12.0 Å². The SMILES string of the molecule is NC1CCCCC(c2ccoc2)C1. The fourth-order valence-corrected chi connectivity index (χ4v) is 2.21. The molecule has 2 unspecified atom stereocenters. The van der Waals surface area contributed by atoms with Crippen LogP contribution in [0.2, 0.25) is 0 Å². The lowest BCUT2D eigenvalue weighted by atomic mass is 9.93. The van der Waals surface area contributed by atoms with E-state index >= 15 is 0 Å². The highest BCUT2D eigenvalue weighted by Crippen LogP contribution is 2.31. The highest BCUT2D eigenvalue weighted by molar-refractivity contribution is 5.13. The molecule has 72 valence electrons. The zero-order chi connectivity index (χ0) is 9.10. The van der Waals surface area contributed by atoms with Crippen molar-refractivity contribution in [1.29, 1.82) is 0 Å². The van der Waals surface area contributed by atoms with E-state index < -0.39 is 0 Å². The van der Waals surface area contributed by atoms with Gasteiger partial charge in [-0.2, -0.15) is 0 Å². The third-order valence-electron chi connectivity index (χ3n) is 2.98. The van der Waals surface area contributed by atoms with Crippen LogP contribution in [-0.2, 0) is 0 Å². The maximum absolute atomic E-state index is 6.00. The van der Waals surface area contributed by atoms with Gasteiger partial charge in [0.05, 0.1) is 12.5 Å². The van der Waals surface area contributed by atoms with E-state index in [0.717, 1.165) is 6.42 Å². The van der Waals surface area contributed by atoms with E-state index in [1.54, 1.807) is 6.26 Å². The molecule has 0 aromatic carbocycles. The molecule has 1 aromatic heterocycles. The number of nitrogens with two attached hydrogens (primary N) is 1. The average Bonchev–Trinajstić information content (AvgIpc) is 2.56. The quantitative estimate of drug-likeness (QED) is 0.673. The third-order valence-corrected chi connectivity index (χ3v) is 2.98. The van der Waals surface area contributed by atoms with Gasteiger partial charge >= 0.3 is 0 Å². The molecule has 2 heteroatoms. The van der Waals surface area contributed by atoms with Crippen molar-refractivity contribution in [3.63, 3.8) is 0 Å². The monoisotopic (exact) mass is 179 g/mol. The first-order valence-corrected chi connectivity index (χ1v) is 5.14. The Morgan fingerprint density at radius 2 is 2.15 bits per heavy atom. The van der Waals surface area contributed by atoms with Crippen molar-refractivity contribution in [3.8, 4) is 0 Å². The van der Waals surface area contributed by atoms with Crippen LogP contribution in [0.3, 0.4) is 0 Å². The first kappa shape index (κ1) is 8.82. The van der Waals surface area contributed by atoms with Gasteiger partial charge in [-0.1, -0.05) is 12.8 Å². The van der Waals surface area contributed by atoms with Gasteiger partial charge in [-0.3, -0.25) is 0 Å². The molecule has 2 N–H and O–H groups in total. The minimum absolute atomic E-state index is 0.391. The van der Waals surface area contributed by atoms with Gasteiger partial charge in [-0.15, -0.1) is 0 Å². The van der Waals surface area contributed by atoms with Gasteiger partial charge < -0.3 is 10.2 Å². The van der Waals surface area contributed by atoms with E-state index in [9.17, 15) is 0 Å². The van der Waals surface area contributed by atoms with Gasteiger partial charge in [0.25, 0.3) is 0 Å². The highest BCUT2D eigenvalue weighted by atomic mass is 16.3. The van der Waals surface area contributed by atoms with Gasteiger partial charge in [0.1, 0.15) is 0 Å². The van der Waals surface area contributed by atoms with Crippen LogP contribution in [0.15, 0.2) is 23.0 Å². The summed E-state index contributed by atoms with van der Waals surface area (Å²) in [6.07, 6.45) is 9.80. The molecule has 0 spiro atoms. The number of hydrogen-bond donors (Lipinski definition) is 1. The smallest absolute Gasteiger partial charge is 0.0937 e. The summed E-state index contributed by atoms with van der Waals surface area (Å²) in [5, 5.41) is 0. The third kappa shape index (κ3) is 2.13. The van der Waals surface area contributed by atoms with Crippen molar-refractivity contribution < 1.29 is 4.42 Å². The van der Waals surface area contributed by atoms with E-state index in [4.69, 9.17) is 10.2 Å². The molecule has 0 amide bonds. The van der Waals surface area contributed by atoms with Crippen LogP contribution < -0.4 is 5.73 Å². The molecule has 1 saturated carbocycles. The summed E-state index contributed by atoms with van der Waals surface area (Å²) in [6.45, 7) is 0. The van der Waals surface area contributed by atoms with Crippen molar-refractivity contribution in [1.82, 2.24) is 0 Å². The van der Waals surface area contributed by atoms with Crippen LogP contribution >= 0.6 is 0 Å². The summed E-state index contributed by atoms with van der Waals surface area (Å²) >= 11 is 0. The second kappa shape index (κ2) is 3.97. The molecular weight excluding hydrogens is 162 g/mol.